The molecule has 1 N–H and O–H groups in total. The normalized spacial score (nSPS) is 17.6. The molecule has 7 nitrogen and oxygen atoms in total. The molecule has 3 heterocycles. The highest BCUT2D eigenvalue weighted by molar-refractivity contribution is 5.76. The molecule has 8 heteroatoms. The van der Waals surface area contributed by atoms with E-state index in [1.165, 1.54) is 0 Å². The summed E-state index contributed by atoms with van der Waals surface area (Å²) < 4.78 is 18.5. The van der Waals surface area contributed by atoms with Crippen LogP contribution < -0.4 is 4.74 Å². The Bertz CT molecular complexity index is 712. The molecule has 3 rings (SSSR count). The number of amides is 1. The van der Waals surface area contributed by atoms with Crippen molar-refractivity contribution in [3.63, 3.8) is 0 Å². The zero-order valence-corrected chi connectivity index (χ0v) is 14.5. The number of likely N-dealkylation sites (tertiary alicyclic amines) is 1. The Labute approximate surface area is 145 Å². The van der Waals surface area contributed by atoms with E-state index in [-0.39, 0.29) is 18.0 Å². The van der Waals surface area contributed by atoms with Crippen LogP contribution in [-0.4, -0.2) is 50.2 Å². The second-order valence-corrected chi connectivity index (χ2v) is 6.32. The topological polar surface area (TPSA) is 84.0 Å². The highest BCUT2D eigenvalue weighted by Crippen LogP contribution is 2.18. The van der Waals surface area contributed by atoms with Crippen molar-refractivity contribution in [2.24, 2.45) is 0 Å². The lowest BCUT2D eigenvalue weighted by atomic mass is 10.0. The van der Waals surface area contributed by atoms with Crippen LogP contribution in [0.1, 0.15) is 36.2 Å². The maximum Gasteiger partial charge on any atom is 0.316 e. The Morgan fingerprint density at radius 2 is 2.16 bits per heavy atom. The lowest BCUT2D eigenvalue weighted by Gasteiger charge is -2.32. The van der Waals surface area contributed by atoms with Gasteiger partial charge in [0.2, 0.25) is 5.91 Å². The van der Waals surface area contributed by atoms with Gasteiger partial charge >= 0.3 is 6.01 Å². The molecule has 0 spiro atoms. The molecular weight excluding hydrogens is 325 g/mol. The molecule has 2 aromatic heterocycles. The van der Waals surface area contributed by atoms with Crippen LogP contribution in [0.4, 0.5) is 4.39 Å². The molecule has 0 unspecified atom stereocenters. The first-order valence-electron chi connectivity index (χ1n) is 8.45. The number of H-pyrrole nitrogens is 1. The number of carbonyl (C=O) groups is 1. The maximum atomic E-state index is 12.9. The summed E-state index contributed by atoms with van der Waals surface area (Å²) in [7, 11) is 0. The molecule has 1 atom stereocenters. The number of piperidine rings is 1. The fraction of sp³-hybridized carbons (Fsp3) is 0.529. The number of hydrogen-bond donors (Lipinski definition) is 1. The number of nitrogens with one attached hydrogen (secondary N) is 1. The first-order chi connectivity index (χ1) is 12.0. The number of aryl methyl sites for hydroxylation is 2. The van der Waals surface area contributed by atoms with Gasteiger partial charge < -0.3 is 9.64 Å². The SMILES string of the molecule is Cc1n[nH]c(C)c1CCC(=O)N1CCC[C@@H](Oc2ncc(F)cn2)C1. The molecule has 1 aliphatic heterocycles. The first-order valence-corrected chi connectivity index (χ1v) is 8.45. The number of aromatic amines is 1. The van der Waals surface area contributed by atoms with Gasteiger partial charge in [-0.2, -0.15) is 5.10 Å². The van der Waals surface area contributed by atoms with Crippen molar-refractivity contribution in [2.75, 3.05) is 13.1 Å². The van der Waals surface area contributed by atoms with Crippen LogP contribution in [-0.2, 0) is 11.2 Å². The van der Waals surface area contributed by atoms with E-state index in [2.05, 4.69) is 20.2 Å². The van der Waals surface area contributed by atoms with E-state index in [4.69, 9.17) is 4.74 Å². The van der Waals surface area contributed by atoms with Gasteiger partial charge in [0, 0.05) is 18.7 Å². The molecule has 2 aromatic rings. The molecule has 25 heavy (non-hydrogen) atoms. The van der Waals surface area contributed by atoms with E-state index in [9.17, 15) is 9.18 Å². The van der Waals surface area contributed by atoms with Gasteiger partial charge in [0.05, 0.1) is 24.6 Å². The number of rotatable bonds is 5. The monoisotopic (exact) mass is 347 g/mol. The van der Waals surface area contributed by atoms with Gasteiger partial charge in [-0.15, -0.1) is 0 Å². The molecule has 0 aliphatic carbocycles. The fourth-order valence-electron chi connectivity index (χ4n) is 3.10. The molecule has 134 valence electrons. The van der Waals surface area contributed by atoms with Crippen molar-refractivity contribution in [1.29, 1.82) is 0 Å². The Hall–Kier alpha value is -2.51. The van der Waals surface area contributed by atoms with Gasteiger partial charge in [0.15, 0.2) is 5.82 Å². The standard InChI is InChI=1S/C17H22FN5O2/c1-11-15(12(2)22-21-11)5-6-16(24)23-7-3-4-14(10-23)25-17-19-8-13(18)9-20-17/h8-9,14H,3-7,10H2,1-2H3,(H,21,22)/t14-/m1/s1. The first kappa shape index (κ1) is 17.3. The molecule has 1 fully saturated rings. The van der Waals surface area contributed by atoms with Gasteiger partial charge in [0.1, 0.15) is 6.10 Å². The summed E-state index contributed by atoms with van der Waals surface area (Å²) in [5.41, 5.74) is 3.06. The van der Waals surface area contributed by atoms with E-state index in [0.29, 0.717) is 19.4 Å². The van der Waals surface area contributed by atoms with Crippen LogP contribution in [0, 0.1) is 19.7 Å². The number of ether oxygens (including phenoxy) is 1. The lowest BCUT2D eigenvalue weighted by Crippen LogP contribution is -2.44. The van der Waals surface area contributed by atoms with Crippen LogP contribution in [0.2, 0.25) is 0 Å². The number of aromatic nitrogens is 4. The lowest BCUT2D eigenvalue weighted by molar-refractivity contribution is -0.133. The second kappa shape index (κ2) is 7.58. The van der Waals surface area contributed by atoms with Crippen LogP contribution in [0.5, 0.6) is 6.01 Å². The van der Waals surface area contributed by atoms with E-state index >= 15 is 0 Å². The van der Waals surface area contributed by atoms with Gasteiger partial charge in [-0.05, 0) is 38.7 Å². The van der Waals surface area contributed by atoms with Gasteiger partial charge in [-0.1, -0.05) is 0 Å². The minimum atomic E-state index is -0.502. The third-order valence-corrected chi connectivity index (χ3v) is 4.47. The molecule has 1 saturated heterocycles. The molecule has 0 saturated carbocycles. The zero-order chi connectivity index (χ0) is 17.8. The summed E-state index contributed by atoms with van der Waals surface area (Å²) in [6, 6.07) is 0.144. The third kappa shape index (κ3) is 4.32. The van der Waals surface area contributed by atoms with Gasteiger partial charge in [0.25, 0.3) is 0 Å². The number of hydrogen-bond acceptors (Lipinski definition) is 5. The van der Waals surface area contributed by atoms with Crippen molar-refractivity contribution < 1.29 is 13.9 Å². The molecule has 0 bridgehead atoms. The Balaban J connectivity index is 1.53. The highest BCUT2D eigenvalue weighted by atomic mass is 19.1. The largest absolute Gasteiger partial charge is 0.458 e. The smallest absolute Gasteiger partial charge is 0.316 e. The molecular formula is C17H22FN5O2. The second-order valence-electron chi connectivity index (χ2n) is 6.32. The third-order valence-electron chi connectivity index (χ3n) is 4.47. The van der Waals surface area contributed by atoms with Crippen molar-refractivity contribution >= 4 is 5.91 Å². The summed E-state index contributed by atoms with van der Waals surface area (Å²) in [4.78, 5) is 22.0. The minimum Gasteiger partial charge on any atom is -0.458 e. The molecule has 0 aromatic carbocycles. The zero-order valence-electron chi connectivity index (χ0n) is 14.5. The van der Waals surface area contributed by atoms with Crippen LogP contribution >= 0.6 is 0 Å². The van der Waals surface area contributed by atoms with Crippen LogP contribution in [0.15, 0.2) is 12.4 Å². The summed E-state index contributed by atoms with van der Waals surface area (Å²) in [5, 5.41) is 7.10. The van der Waals surface area contributed by atoms with E-state index in [1.54, 1.807) is 0 Å². The average Bonchev–Trinajstić information content (AvgIpc) is 2.93. The summed E-state index contributed by atoms with van der Waals surface area (Å²) >= 11 is 0. The Morgan fingerprint density at radius 1 is 1.40 bits per heavy atom. The van der Waals surface area contributed by atoms with Crippen molar-refractivity contribution in [2.45, 2.75) is 45.6 Å². The van der Waals surface area contributed by atoms with E-state index in [0.717, 1.165) is 48.7 Å². The summed E-state index contributed by atoms with van der Waals surface area (Å²) in [5.74, 6) is -0.397. The number of halogens is 1. The number of carbonyl (C=O) groups excluding carboxylic acids is 1. The van der Waals surface area contributed by atoms with Gasteiger partial charge in [-0.25, -0.2) is 14.4 Å². The van der Waals surface area contributed by atoms with Crippen LogP contribution in [0.3, 0.4) is 0 Å². The van der Waals surface area contributed by atoms with Gasteiger partial charge in [-0.3, -0.25) is 9.89 Å². The molecule has 0 radical (unpaired) electrons. The van der Waals surface area contributed by atoms with Crippen molar-refractivity contribution in [3.05, 3.63) is 35.2 Å². The number of nitrogens with zero attached hydrogens (tertiary/aromatic N) is 4. The predicted octanol–water partition coefficient (Wildman–Crippen LogP) is 1.96. The average molecular weight is 347 g/mol. The molecule has 1 amide bonds. The quantitative estimate of drug-likeness (QED) is 0.894. The highest BCUT2D eigenvalue weighted by Gasteiger charge is 2.25. The van der Waals surface area contributed by atoms with E-state index < -0.39 is 5.82 Å². The Morgan fingerprint density at radius 3 is 2.84 bits per heavy atom. The van der Waals surface area contributed by atoms with Crippen LogP contribution in [0.25, 0.3) is 0 Å². The van der Waals surface area contributed by atoms with Crippen molar-refractivity contribution in [3.8, 4) is 6.01 Å². The maximum absolute atomic E-state index is 12.9. The summed E-state index contributed by atoms with van der Waals surface area (Å²) in [6.07, 6.45) is 4.79. The molecule has 1 aliphatic rings. The minimum absolute atomic E-state index is 0.105. The fourth-order valence-corrected chi connectivity index (χ4v) is 3.10. The van der Waals surface area contributed by atoms with Crippen molar-refractivity contribution in [1.82, 2.24) is 25.1 Å². The Kier molecular flexibility index (Phi) is 5.25. The predicted molar refractivity (Wildman–Crippen MR) is 88.6 cm³/mol. The van der Waals surface area contributed by atoms with E-state index in [1.807, 2.05) is 18.7 Å². The summed E-state index contributed by atoms with van der Waals surface area (Å²) in [6.45, 7) is 5.14.